The van der Waals surface area contributed by atoms with E-state index in [0.717, 1.165) is 0 Å². The highest BCUT2D eigenvalue weighted by atomic mass is 35.5. The summed E-state index contributed by atoms with van der Waals surface area (Å²) in [6, 6.07) is 3.03. The number of rotatable bonds is 1. The number of pyridine rings is 1. The normalized spacial score (nSPS) is 9.21. The van der Waals surface area contributed by atoms with E-state index in [0.29, 0.717) is 0 Å². The molecule has 0 amide bonds. The monoisotopic (exact) mass is 211 g/mol. The molecule has 0 spiro atoms. The van der Waals surface area contributed by atoms with Crippen LogP contribution in [0.15, 0.2) is 6.07 Å². The molecular weight excluding hydrogens is 206 g/mol. The van der Waals surface area contributed by atoms with Gasteiger partial charge in [0.1, 0.15) is 6.07 Å². The van der Waals surface area contributed by atoms with Gasteiger partial charge in [0.2, 0.25) is 0 Å². The summed E-state index contributed by atoms with van der Waals surface area (Å²) in [4.78, 5) is 14.8. The third-order valence-electron chi connectivity index (χ3n) is 1.49. The minimum absolute atomic E-state index is 0.0544. The third-order valence-corrected chi connectivity index (χ3v) is 1.78. The number of ether oxygens (including phenoxy) is 1. The van der Waals surface area contributed by atoms with Crippen molar-refractivity contribution in [3.8, 4) is 6.07 Å². The lowest BCUT2D eigenvalue weighted by atomic mass is 10.2. The summed E-state index contributed by atoms with van der Waals surface area (Å²) < 4.78 is 4.42. The molecule has 1 heterocycles. The first-order valence-electron chi connectivity index (χ1n) is 3.54. The second kappa shape index (κ2) is 3.94. The molecule has 1 aromatic heterocycles. The number of methoxy groups -OCH3 is 1. The molecule has 14 heavy (non-hydrogen) atoms. The second-order valence-corrected chi connectivity index (χ2v) is 2.77. The molecule has 0 saturated carbocycles. The topological polar surface area (TPSA) is 89.0 Å². The zero-order valence-corrected chi connectivity index (χ0v) is 8.00. The summed E-state index contributed by atoms with van der Waals surface area (Å²) in [5.74, 6) is -0.698. The van der Waals surface area contributed by atoms with Crippen molar-refractivity contribution in [2.75, 3.05) is 12.8 Å². The van der Waals surface area contributed by atoms with Gasteiger partial charge in [-0.1, -0.05) is 11.6 Å². The van der Waals surface area contributed by atoms with Crippen molar-refractivity contribution in [2.24, 2.45) is 0 Å². The van der Waals surface area contributed by atoms with E-state index in [2.05, 4.69) is 9.72 Å². The van der Waals surface area contributed by atoms with Gasteiger partial charge in [-0.25, -0.2) is 9.78 Å². The van der Waals surface area contributed by atoms with Gasteiger partial charge in [-0.2, -0.15) is 5.26 Å². The molecule has 0 bridgehead atoms. The van der Waals surface area contributed by atoms with E-state index >= 15 is 0 Å². The molecular formula is C8H6ClN3O2. The first-order chi connectivity index (χ1) is 6.60. The Labute approximate surface area is 85.1 Å². The number of nitrogens with zero attached hydrogens (tertiary/aromatic N) is 2. The lowest BCUT2D eigenvalue weighted by Crippen LogP contribution is -2.09. The smallest absolute Gasteiger partial charge is 0.358 e. The van der Waals surface area contributed by atoms with Gasteiger partial charge in [0.15, 0.2) is 11.4 Å². The van der Waals surface area contributed by atoms with Crippen LogP contribution in [0.3, 0.4) is 0 Å². The number of halogens is 1. The Bertz CT molecular complexity index is 425. The molecule has 6 heteroatoms. The van der Waals surface area contributed by atoms with Crippen LogP contribution < -0.4 is 5.73 Å². The van der Waals surface area contributed by atoms with E-state index in [9.17, 15) is 4.79 Å². The predicted octanol–water partition coefficient (Wildman–Crippen LogP) is 0.975. The number of esters is 1. The van der Waals surface area contributed by atoms with Gasteiger partial charge >= 0.3 is 5.97 Å². The lowest BCUT2D eigenvalue weighted by Gasteiger charge is -2.03. The van der Waals surface area contributed by atoms with E-state index in [4.69, 9.17) is 22.6 Å². The van der Waals surface area contributed by atoms with Gasteiger partial charge in [0.25, 0.3) is 0 Å². The Morgan fingerprint density at radius 3 is 2.93 bits per heavy atom. The Hall–Kier alpha value is -1.80. The van der Waals surface area contributed by atoms with E-state index in [-0.39, 0.29) is 22.1 Å². The Kier molecular flexibility index (Phi) is 2.89. The molecule has 0 aliphatic rings. The maximum Gasteiger partial charge on any atom is 0.358 e. The summed E-state index contributed by atoms with van der Waals surface area (Å²) >= 11 is 5.63. The van der Waals surface area contributed by atoms with Crippen LogP contribution in [-0.2, 0) is 4.74 Å². The molecule has 0 aliphatic heterocycles. The van der Waals surface area contributed by atoms with Crippen LogP contribution in [0.25, 0.3) is 0 Å². The summed E-state index contributed by atoms with van der Waals surface area (Å²) in [6.07, 6.45) is 0. The first-order valence-corrected chi connectivity index (χ1v) is 3.92. The molecule has 1 rings (SSSR count). The molecule has 0 saturated heterocycles. The van der Waals surface area contributed by atoms with E-state index in [1.807, 2.05) is 0 Å². The van der Waals surface area contributed by atoms with Crippen LogP contribution in [0, 0.1) is 11.3 Å². The van der Waals surface area contributed by atoms with Crippen LogP contribution in [0.2, 0.25) is 5.02 Å². The highest BCUT2D eigenvalue weighted by Gasteiger charge is 2.15. The summed E-state index contributed by atoms with van der Waals surface area (Å²) in [5.41, 5.74) is 5.39. The highest BCUT2D eigenvalue weighted by Crippen LogP contribution is 2.19. The van der Waals surface area contributed by atoms with Crippen molar-refractivity contribution in [3.63, 3.8) is 0 Å². The van der Waals surface area contributed by atoms with Gasteiger partial charge < -0.3 is 10.5 Å². The number of carbonyl (C=O) groups excluding carboxylic acids is 1. The number of nitrogens with two attached hydrogens (primary N) is 1. The van der Waals surface area contributed by atoms with Crippen LogP contribution in [0.5, 0.6) is 0 Å². The van der Waals surface area contributed by atoms with Gasteiger partial charge in [-0.15, -0.1) is 0 Å². The number of anilines is 1. The average molecular weight is 212 g/mol. The van der Waals surface area contributed by atoms with E-state index in [1.54, 1.807) is 6.07 Å². The van der Waals surface area contributed by atoms with E-state index < -0.39 is 5.97 Å². The molecule has 0 aromatic carbocycles. The van der Waals surface area contributed by atoms with Crippen molar-refractivity contribution in [2.45, 2.75) is 0 Å². The quantitative estimate of drug-likeness (QED) is 0.700. The van der Waals surface area contributed by atoms with E-state index in [1.165, 1.54) is 13.2 Å². The SMILES string of the molecule is COC(=O)c1nc(C#N)c(Cl)cc1N. The molecule has 0 radical (unpaired) electrons. The molecule has 0 unspecified atom stereocenters. The molecule has 0 aliphatic carbocycles. The first kappa shape index (κ1) is 10.3. The summed E-state index contributed by atoms with van der Waals surface area (Å²) in [6.45, 7) is 0. The number of hydrogen-bond acceptors (Lipinski definition) is 5. The van der Waals surface area contributed by atoms with Gasteiger partial charge in [-0.05, 0) is 6.07 Å². The fourth-order valence-electron chi connectivity index (χ4n) is 0.842. The predicted molar refractivity (Wildman–Crippen MR) is 49.7 cm³/mol. The van der Waals surface area contributed by atoms with Crippen LogP contribution >= 0.6 is 11.6 Å². The largest absolute Gasteiger partial charge is 0.464 e. The average Bonchev–Trinajstić information content (AvgIpc) is 2.17. The Morgan fingerprint density at radius 1 is 1.79 bits per heavy atom. The van der Waals surface area contributed by atoms with Gasteiger partial charge in [-0.3, -0.25) is 0 Å². The third kappa shape index (κ3) is 1.75. The Balaban J connectivity index is 3.33. The lowest BCUT2D eigenvalue weighted by molar-refractivity contribution is 0.0595. The van der Waals surface area contributed by atoms with Gasteiger partial charge in [0, 0.05) is 0 Å². The van der Waals surface area contributed by atoms with Crippen LogP contribution in [0.4, 0.5) is 5.69 Å². The molecule has 5 nitrogen and oxygen atoms in total. The number of aromatic nitrogens is 1. The number of nitriles is 1. The zero-order chi connectivity index (χ0) is 10.7. The fraction of sp³-hybridized carbons (Fsp3) is 0.125. The minimum atomic E-state index is -0.698. The zero-order valence-electron chi connectivity index (χ0n) is 7.24. The molecule has 72 valence electrons. The van der Waals surface area contributed by atoms with Crippen LogP contribution in [0.1, 0.15) is 16.2 Å². The second-order valence-electron chi connectivity index (χ2n) is 2.36. The van der Waals surface area contributed by atoms with Crippen LogP contribution in [-0.4, -0.2) is 18.1 Å². The number of hydrogen-bond donors (Lipinski definition) is 1. The van der Waals surface area contributed by atoms with Crippen molar-refractivity contribution >= 4 is 23.3 Å². The minimum Gasteiger partial charge on any atom is -0.464 e. The highest BCUT2D eigenvalue weighted by molar-refractivity contribution is 6.31. The number of carbonyl (C=O) groups is 1. The maximum atomic E-state index is 11.1. The maximum absolute atomic E-state index is 11.1. The van der Waals surface area contributed by atoms with Gasteiger partial charge in [0.05, 0.1) is 17.8 Å². The molecule has 2 N–H and O–H groups in total. The molecule has 0 fully saturated rings. The Morgan fingerprint density at radius 2 is 2.43 bits per heavy atom. The fourth-order valence-corrected chi connectivity index (χ4v) is 1.04. The van der Waals surface area contributed by atoms with Crippen molar-refractivity contribution in [3.05, 3.63) is 22.5 Å². The van der Waals surface area contributed by atoms with Crippen molar-refractivity contribution in [1.29, 1.82) is 5.26 Å². The standard InChI is InChI=1S/C8H6ClN3O2/c1-14-8(13)7-5(11)2-4(9)6(3-10)12-7/h2H,11H2,1H3. The van der Waals surface area contributed by atoms with Crippen molar-refractivity contribution < 1.29 is 9.53 Å². The number of nitrogen functional groups attached to an aromatic ring is 1. The molecule has 1 aromatic rings. The summed E-state index contributed by atoms with van der Waals surface area (Å²) in [7, 11) is 1.20. The molecule has 0 atom stereocenters. The van der Waals surface area contributed by atoms with Crippen molar-refractivity contribution in [1.82, 2.24) is 4.98 Å². The summed E-state index contributed by atoms with van der Waals surface area (Å²) in [5, 5.41) is 8.71.